The van der Waals surface area contributed by atoms with Gasteiger partial charge >= 0.3 is 0 Å². The van der Waals surface area contributed by atoms with E-state index in [0.717, 1.165) is 17.6 Å². The molecule has 0 radical (unpaired) electrons. The van der Waals surface area contributed by atoms with Crippen LogP contribution in [0.4, 0.5) is 0 Å². The summed E-state index contributed by atoms with van der Waals surface area (Å²) in [6.45, 7) is 0.768. The quantitative estimate of drug-likeness (QED) is 0.701. The molecule has 1 aromatic heterocycles. The molecule has 0 spiro atoms. The number of aromatic nitrogens is 2. The topological polar surface area (TPSA) is 27.1 Å². The van der Waals surface area contributed by atoms with E-state index in [1.165, 1.54) is 5.56 Å². The van der Waals surface area contributed by atoms with Crippen molar-refractivity contribution in [2.75, 3.05) is 7.11 Å². The molecule has 90 valence electrons. The third-order valence-electron chi connectivity index (χ3n) is 2.99. The van der Waals surface area contributed by atoms with Gasteiger partial charge in [-0.1, -0.05) is 42.5 Å². The molecule has 0 N–H and O–H groups in total. The average molecular weight is 238 g/mol. The minimum Gasteiger partial charge on any atom is -0.468 e. The number of hydrogen-bond acceptors (Lipinski definition) is 2. The van der Waals surface area contributed by atoms with E-state index in [2.05, 4.69) is 27.8 Å². The lowest BCUT2D eigenvalue weighted by atomic mass is 10.2. The van der Waals surface area contributed by atoms with Crippen molar-refractivity contribution in [1.29, 1.82) is 0 Å². The molecule has 0 unspecified atom stereocenters. The van der Waals surface area contributed by atoms with Gasteiger partial charge in [-0.3, -0.25) is 4.57 Å². The Morgan fingerprint density at radius 1 is 1.00 bits per heavy atom. The fourth-order valence-corrected chi connectivity index (χ4v) is 2.13. The summed E-state index contributed by atoms with van der Waals surface area (Å²) in [5, 5.41) is 0. The lowest BCUT2D eigenvalue weighted by Crippen LogP contribution is -2.02. The average Bonchev–Trinajstić information content (AvgIpc) is 2.78. The summed E-state index contributed by atoms with van der Waals surface area (Å²) in [5.41, 5.74) is 3.29. The molecular weight excluding hydrogens is 224 g/mol. The lowest BCUT2D eigenvalue weighted by molar-refractivity contribution is 0.364. The number of imidazole rings is 1. The monoisotopic (exact) mass is 238 g/mol. The predicted molar refractivity (Wildman–Crippen MR) is 71.8 cm³/mol. The lowest BCUT2D eigenvalue weighted by Gasteiger charge is -2.07. The Morgan fingerprint density at radius 3 is 2.50 bits per heavy atom. The Bertz CT molecular complexity index is 659. The number of rotatable bonds is 3. The summed E-state index contributed by atoms with van der Waals surface area (Å²) >= 11 is 0. The summed E-state index contributed by atoms with van der Waals surface area (Å²) in [6.07, 6.45) is 0. The first kappa shape index (κ1) is 10.8. The van der Waals surface area contributed by atoms with Gasteiger partial charge in [0.1, 0.15) is 0 Å². The number of methoxy groups -OCH3 is 1. The van der Waals surface area contributed by atoms with Crippen LogP contribution in [0.25, 0.3) is 11.0 Å². The van der Waals surface area contributed by atoms with Crippen LogP contribution in [0.3, 0.4) is 0 Å². The summed E-state index contributed by atoms with van der Waals surface area (Å²) in [4.78, 5) is 4.47. The van der Waals surface area contributed by atoms with Crippen LogP contribution in [-0.4, -0.2) is 16.7 Å². The first-order valence-electron chi connectivity index (χ1n) is 5.91. The van der Waals surface area contributed by atoms with E-state index in [1.807, 2.05) is 36.4 Å². The normalized spacial score (nSPS) is 10.7. The number of para-hydroxylation sites is 2. The van der Waals surface area contributed by atoms with Crippen molar-refractivity contribution in [2.45, 2.75) is 6.54 Å². The molecule has 0 atom stereocenters. The Labute approximate surface area is 106 Å². The molecule has 18 heavy (non-hydrogen) atoms. The van der Waals surface area contributed by atoms with Gasteiger partial charge in [0.2, 0.25) is 0 Å². The van der Waals surface area contributed by atoms with E-state index in [1.54, 1.807) is 7.11 Å². The van der Waals surface area contributed by atoms with Crippen LogP contribution in [-0.2, 0) is 6.54 Å². The molecule has 3 nitrogen and oxygen atoms in total. The van der Waals surface area contributed by atoms with Gasteiger partial charge in [0.25, 0.3) is 6.01 Å². The highest BCUT2D eigenvalue weighted by Crippen LogP contribution is 2.22. The van der Waals surface area contributed by atoms with Crippen LogP contribution < -0.4 is 4.74 Å². The zero-order valence-electron chi connectivity index (χ0n) is 10.2. The molecule has 2 aromatic carbocycles. The third kappa shape index (κ3) is 1.84. The fraction of sp³-hybridized carbons (Fsp3) is 0.133. The number of nitrogens with zero attached hydrogens (tertiary/aromatic N) is 2. The first-order valence-corrected chi connectivity index (χ1v) is 5.91. The Balaban J connectivity index is 2.10. The van der Waals surface area contributed by atoms with E-state index in [0.29, 0.717) is 6.01 Å². The second-order valence-corrected chi connectivity index (χ2v) is 4.16. The fourth-order valence-electron chi connectivity index (χ4n) is 2.13. The van der Waals surface area contributed by atoms with E-state index in [-0.39, 0.29) is 0 Å². The molecule has 3 rings (SSSR count). The molecule has 0 aliphatic carbocycles. The van der Waals surface area contributed by atoms with Crippen LogP contribution >= 0.6 is 0 Å². The SMILES string of the molecule is COc1nc2ccccc2n1Cc1ccccc1. The van der Waals surface area contributed by atoms with E-state index < -0.39 is 0 Å². The van der Waals surface area contributed by atoms with E-state index in [4.69, 9.17) is 4.74 Å². The van der Waals surface area contributed by atoms with E-state index in [9.17, 15) is 0 Å². The predicted octanol–water partition coefficient (Wildman–Crippen LogP) is 3.09. The first-order chi connectivity index (χ1) is 8.88. The molecule has 3 heteroatoms. The third-order valence-corrected chi connectivity index (χ3v) is 2.99. The Morgan fingerprint density at radius 2 is 1.72 bits per heavy atom. The largest absolute Gasteiger partial charge is 0.468 e. The maximum Gasteiger partial charge on any atom is 0.297 e. The van der Waals surface area contributed by atoms with Gasteiger partial charge in [-0.2, -0.15) is 4.98 Å². The van der Waals surface area contributed by atoms with Crippen LogP contribution in [0, 0.1) is 0 Å². The maximum absolute atomic E-state index is 5.35. The van der Waals surface area contributed by atoms with Gasteiger partial charge < -0.3 is 4.74 Å². The van der Waals surface area contributed by atoms with Crippen molar-refractivity contribution < 1.29 is 4.74 Å². The highest BCUT2D eigenvalue weighted by Gasteiger charge is 2.10. The van der Waals surface area contributed by atoms with Crippen LogP contribution in [0.15, 0.2) is 54.6 Å². The van der Waals surface area contributed by atoms with Crippen molar-refractivity contribution in [3.8, 4) is 6.01 Å². The molecular formula is C15H14N2O. The number of hydrogen-bond donors (Lipinski definition) is 0. The zero-order chi connectivity index (χ0) is 12.4. The number of fused-ring (bicyclic) bond motifs is 1. The highest BCUT2D eigenvalue weighted by atomic mass is 16.5. The minimum atomic E-state index is 0.653. The van der Waals surface area contributed by atoms with Gasteiger partial charge in [0.15, 0.2) is 0 Å². The molecule has 0 aliphatic heterocycles. The number of benzene rings is 2. The molecule has 1 heterocycles. The van der Waals surface area contributed by atoms with Crippen LogP contribution in [0.1, 0.15) is 5.56 Å². The Kier molecular flexibility index (Phi) is 2.73. The molecule has 0 fully saturated rings. The molecule has 3 aromatic rings. The van der Waals surface area contributed by atoms with Crippen molar-refractivity contribution in [3.63, 3.8) is 0 Å². The summed E-state index contributed by atoms with van der Waals surface area (Å²) in [5.74, 6) is 0. The Hall–Kier alpha value is -2.29. The zero-order valence-corrected chi connectivity index (χ0v) is 10.2. The summed E-state index contributed by atoms with van der Waals surface area (Å²) < 4.78 is 7.44. The summed E-state index contributed by atoms with van der Waals surface area (Å²) in [7, 11) is 1.66. The van der Waals surface area contributed by atoms with Crippen molar-refractivity contribution in [2.24, 2.45) is 0 Å². The van der Waals surface area contributed by atoms with Gasteiger partial charge in [-0.05, 0) is 17.7 Å². The molecule has 0 bridgehead atoms. The van der Waals surface area contributed by atoms with Gasteiger partial charge in [-0.15, -0.1) is 0 Å². The highest BCUT2D eigenvalue weighted by molar-refractivity contribution is 5.76. The second-order valence-electron chi connectivity index (χ2n) is 4.16. The molecule has 0 amide bonds. The standard InChI is InChI=1S/C15H14N2O/c1-18-15-16-13-9-5-6-10-14(13)17(15)11-12-7-3-2-4-8-12/h2-10H,11H2,1H3. The van der Waals surface area contributed by atoms with Crippen LogP contribution in [0.5, 0.6) is 6.01 Å². The van der Waals surface area contributed by atoms with Gasteiger partial charge in [0.05, 0.1) is 24.7 Å². The van der Waals surface area contributed by atoms with Crippen LogP contribution in [0.2, 0.25) is 0 Å². The van der Waals surface area contributed by atoms with Crippen molar-refractivity contribution in [3.05, 3.63) is 60.2 Å². The van der Waals surface area contributed by atoms with Crippen molar-refractivity contribution in [1.82, 2.24) is 9.55 Å². The van der Waals surface area contributed by atoms with Crippen molar-refractivity contribution >= 4 is 11.0 Å². The second kappa shape index (κ2) is 4.53. The van der Waals surface area contributed by atoms with E-state index >= 15 is 0 Å². The van der Waals surface area contributed by atoms with Gasteiger partial charge in [-0.25, -0.2) is 0 Å². The number of ether oxygens (including phenoxy) is 1. The smallest absolute Gasteiger partial charge is 0.297 e. The van der Waals surface area contributed by atoms with Gasteiger partial charge in [0, 0.05) is 0 Å². The molecule has 0 saturated carbocycles. The minimum absolute atomic E-state index is 0.653. The maximum atomic E-state index is 5.35. The molecule has 0 aliphatic rings. The summed E-state index contributed by atoms with van der Waals surface area (Å²) in [6, 6.07) is 19.0. The molecule has 0 saturated heterocycles.